The number of esters is 2. The van der Waals surface area contributed by atoms with Gasteiger partial charge in [0.1, 0.15) is 6.10 Å². The van der Waals surface area contributed by atoms with E-state index in [-0.39, 0.29) is 12.2 Å². The summed E-state index contributed by atoms with van der Waals surface area (Å²) in [5, 5.41) is 2.19. The van der Waals surface area contributed by atoms with Gasteiger partial charge in [0.25, 0.3) is 0 Å². The number of hydrogen-bond donors (Lipinski definition) is 1. The molecule has 2 fully saturated rings. The first-order valence-corrected chi connectivity index (χ1v) is 6.48. The summed E-state index contributed by atoms with van der Waals surface area (Å²) in [6.07, 6.45) is 1.06. The molecule has 2 amide bonds. The lowest BCUT2D eigenvalue weighted by Gasteiger charge is -2.39. The molecule has 0 aromatic heterocycles. The molecule has 0 saturated carbocycles. The predicted molar refractivity (Wildman–Crippen MR) is 62.8 cm³/mol. The Hall–Kier alpha value is -2.18. The number of carbonyl (C=O) groups excluding carboxylic acids is 4. The van der Waals surface area contributed by atoms with Crippen LogP contribution in [0.4, 0.5) is 0 Å². The van der Waals surface area contributed by atoms with Crippen LogP contribution in [0.1, 0.15) is 13.3 Å². The van der Waals surface area contributed by atoms with Gasteiger partial charge in [-0.3, -0.25) is 19.7 Å². The molecule has 3 aliphatic heterocycles. The SMILES string of the molecule is CCCOC(=O)C1=C[C@@H]2C(=O)O[C@@H]1C1C(=O)NC(=O)C12. The highest BCUT2D eigenvalue weighted by atomic mass is 16.6. The first-order valence-electron chi connectivity index (χ1n) is 6.48. The summed E-state index contributed by atoms with van der Waals surface area (Å²) in [6.45, 7) is 2.11. The van der Waals surface area contributed by atoms with Crippen LogP contribution in [0.3, 0.4) is 0 Å². The minimum Gasteiger partial charge on any atom is -0.462 e. The van der Waals surface area contributed by atoms with E-state index in [0.717, 1.165) is 0 Å². The number of hydrogen-bond acceptors (Lipinski definition) is 6. The molecule has 7 heteroatoms. The minimum atomic E-state index is -1.02. The maximum atomic E-state index is 11.9. The zero-order valence-electron chi connectivity index (χ0n) is 10.8. The van der Waals surface area contributed by atoms with Crippen molar-refractivity contribution in [3.63, 3.8) is 0 Å². The Bertz CT molecular complexity index is 551. The van der Waals surface area contributed by atoms with Crippen LogP contribution in [0.5, 0.6) is 0 Å². The Labute approximate surface area is 114 Å². The topological polar surface area (TPSA) is 98.8 Å². The van der Waals surface area contributed by atoms with Gasteiger partial charge in [-0.25, -0.2) is 4.79 Å². The highest BCUT2D eigenvalue weighted by Crippen LogP contribution is 2.44. The van der Waals surface area contributed by atoms with Crippen molar-refractivity contribution in [3.8, 4) is 0 Å². The average Bonchev–Trinajstić information content (AvgIpc) is 2.73. The van der Waals surface area contributed by atoms with Gasteiger partial charge in [-0.2, -0.15) is 0 Å². The smallest absolute Gasteiger partial charge is 0.337 e. The van der Waals surface area contributed by atoms with E-state index in [2.05, 4.69) is 5.32 Å². The number of ether oxygens (including phenoxy) is 2. The monoisotopic (exact) mass is 279 g/mol. The average molecular weight is 279 g/mol. The van der Waals surface area contributed by atoms with E-state index in [0.29, 0.717) is 6.42 Å². The molecule has 0 spiro atoms. The number of rotatable bonds is 3. The summed E-state index contributed by atoms with van der Waals surface area (Å²) >= 11 is 0. The second kappa shape index (κ2) is 4.43. The van der Waals surface area contributed by atoms with Crippen LogP contribution < -0.4 is 5.32 Å². The first-order chi connectivity index (χ1) is 9.54. The molecule has 1 aliphatic carbocycles. The van der Waals surface area contributed by atoms with Crippen LogP contribution in [-0.2, 0) is 28.7 Å². The van der Waals surface area contributed by atoms with Crippen molar-refractivity contribution in [2.24, 2.45) is 17.8 Å². The third kappa shape index (κ3) is 1.65. The summed E-state index contributed by atoms with van der Waals surface area (Å²) in [6, 6.07) is 0. The van der Waals surface area contributed by atoms with Crippen molar-refractivity contribution in [2.75, 3.05) is 6.61 Å². The lowest BCUT2D eigenvalue weighted by molar-refractivity contribution is -0.172. The zero-order valence-corrected chi connectivity index (χ0v) is 10.8. The van der Waals surface area contributed by atoms with Gasteiger partial charge in [-0.1, -0.05) is 13.0 Å². The van der Waals surface area contributed by atoms with Crippen LogP contribution in [0, 0.1) is 17.8 Å². The van der Waals surface area contributed by atoms with Crippen molar-refractivity contribution < 1.29 is 28.7 Å². The maximum Gasteiger partial charge on any atom is 0.337 e. The van der Waals surface area contributed by atoms with Gasteiger partial charge in [-0.15, -0.1) is 0 Å². The van der Waals surface area contributed by atoms with Crippen molar-refractivity contribution in [1.82, 2.24) is 5.32 Å². The molecular weight excluding hydrogens is 266 g/mol. The third-order valence-corrected chi connectivity index (χ3v) is 3.81. The van der Waals surface area contributed by atoms with E-state index >= 15 is 0 Å². The van der Waals surface area contributed by atoms with Gasteiger partial charge in [-0.05, 0) is 6.42 Å². The molecule has 20 heavy (non-hydrogen) atoms. The lowest BCUT2D eigenvalue weighted by Crippen LogP contribution is -2.52. The second-order valence-corrected chi connectivity index (χ2v) is 5.05. The summed E-state index contributed by atoms with van der Waals surface area (Å²) in [5.41, 5.74) is 0.161. The van der Waals surface area contributed by atoms with Crippen LogP contribution in [0.2, 0.25) is 0 Å². The van der Waals surface area contributed by atoms with Gasteiger partial charge < -0.3 is 9.47 Å². The Morgan fingerprint density at radius 2 is 2.00 bits per heavy atom. The lowest BCUT2D eigenvalue weighted by atomic mass is 9.70. The van der Waals surface area contributed by atoms with E-state index in [9.17, 15) is 19.2 Å². The van der Waals surface area contributed by atoms with Crippen LogP contribution in [0.25, 0.3) is 0 Å². The van der Waals surface area contributed by atoms with Crippen molar-refractivity contribution in [2.45, 2.75) is 19.4 Å². The Morgan fingerprint density at radius 3 is 2.70 bits per heavy atom. The van der Waals surface area contributed by atoms with E-state index < -0.39 is 47.6 Å². The predicted octanol–water partition coefficient (Wildman–Crippen LogP) is -0.690. The van der Waals surface area contributed by atoms with E-state index in [1.54, 1.807) is 0 Å². The highest BCUT2D eigenvalue weighted by molar-refractivity contribution is 6.10. The first kappa shape index (κ1) is 12.8. The molecule has 0 aromatic rings. The standard InChI is InChI=1S/C13H13NO6/c1-2-3-19-12(17)6-4-5-7-8(9(6)20-13(5)18)11(16)14-10(7)15/h4-5,7-9H,2-3H2,1H3,(H,14,15,16)/t5-,7?,8?,9-/m0/s1. The fourth-order valence-corrected chi connectivity index (χ4v) is 2.93. The summed E-state index contributed by atoms with van der Waals surface area (Å²) in [4.78, 5) is 47.2. The number of imide groups is 1. The fourth-order valence-electron chi connectivity index (χ4n) is 2.93. The van der Waals surface area contributed by atoms with Gasteiger partial charge >= 0.3 is 11.9 Å². The number of nitrogens with one attached hydrogen (secondary N) is 1. The molecule has 7 nitrogen and oxygen atoms in total. The quantitative estimate of drug-likeness (QED) is 0.542. The van der Waals surface area contributed by atoms with Crippen molar-refractivity contribution >= 4 is 23.8 Å². The van der Waals surface area contributed by atoms with E-state index in [1.807, 2.05) is 6.92 Å². The Morgan fingerprint density at radius 1 is 1.30 bits per heavy atom. The molecule has 2 unspecified atom stereocenters. The largest absolute Gasteiger partial charge is 0.462 e. The molecule has 4 rings (SSSR count). The molecule has 2 bridgehead atoms. The minimum absolute atomic E-state index is 0.161. The number of carbonyl (C=O) groups is 4. The zero-order chi connectivity index (χ0) is 14.4. The van der Waals surface area contributed by atoms with Gasteiger partial charge in [0.2, 0.25) is 11.8 Å². The molecule has 0 radical (unpaired) electrons. The molecule has 106 valence electrons. The molecule has 1 N–H and O–H groups in total. The fraction of sp³-hybridized carbons (Fsp3) is 0.538. The van der Waals surface area contributed by atoms with E-state index in [4.69, 9.17) is 9.47 Å². The second-order valence-electron chi connectivity index (χ2n) is 5.05. The third-order valence-electron chi connectivity index (χ3n) is 3.81. The Kier molecular flexibility index (Phi) is 2.84. The van der Waals surface area contributed by atoms with Crippen molar-refractivity contribution in [1.29, 1.82) is 0 Å². The van der Waals surface area contributed by atoms with Crippen molar-refractivity contribution in [3.05, 3.63) is 11.6 Å². The van der Waals surface area contributed by atoms with Crippen LogP contribution in [0.15, 0.2) is 11.6 Å². The summed E-state index contributed by atoms with van der Waals surface area (Å²) in [7, 11) is 0. The highest BCUT2D eigenvalue weighted by Gasteiger charge is 2.61. The maximum absolute atomic E-state index is 11.9. The van der Waals surface area contributed by atoms with Crippen LogP contribution in [-0.4, -0.2) is 36.5 Å². The van der Waals surface area contributed by atoms with Crippen LogP contribution >= 0.6 is 0 Å². The summed E-state index contributed by atoms with van der Waals surface area (Å²) in [5.74, 6) is -4.63. The number of fused-ring (bicyclic) bond motifs is 1. The molecule has 0 aromatic carbocycles. The molecule has 3 heterocycles. The molecule has 4 aliphatic rings. The van der Waals surface area contributed by atoms with Gasteiger partial charge in [0, 0.05) is 0 Å². The Balaban J connectivity index is 1.94. The molecule has 4 atom stereocenters. The van der Waals surface area contributed by atoms with Gasteiger partial charge in [0.05, 0.1) is 29.9 Å². The number of amides is 2. The molecular formula is C13H13NO6. The van der Waals surface area contributed by atoms with E-state index in [1.165, 1.54) is 6.08 Å². The van der Waals surface area contributed by atoms with Gasteiger partial charge in [0.15, 0.2) is 0 Å². The molecule has 2 saturated heterocycles. The normalized spacial score (nSPS) is 34.2. The summed E-state index contributed by atoms with van der Waals surface area (Å²) < 4.78 is 10.1.